The minimum Gasteiger partial charge on any atom is -0.497 e. The molecular weight excluding hydrogens is 323 g/mol. The van der Waals surface area contributed by atoms with Gasteiger partial charge in [0, 0.05) is 16.5 Å². The van der Waals surface area contributed by atoms with Crippen LogP contribution in [0.2, 0.25) is 0 Å². The zero-order valence-corrected chi connectivity index (χ0v) is 12.8. The Labute approximate surface area is 125 Å². The zero-order valence-electron chi connectivity index (χ0n) is 11.2. The Morgan fingerprint density at radius 3 is 2.65 bits per heavy atom. The Kier molecular flexibility index (Phi) is 4.55. The molecule has 0 fully saturated rings. The molecule has 0 N–H and O–H groups in total. The van der Waals surface area contributed by atoms with Gasteiger partial charge in [-0.15, -0.1) is 0 Å². The van der Waals surface area contributed by atoms with Crippen molar-refractivity contribution >= 4 is 21.7 Å². The highest BCUT2D eigenvalue weighted by Gasteiger charge is 2.12. The number of carbonyl (C=O) groups excluding carboxylic acids is 1. The molecule has 0 heterocycles. The van der Waals surface area contributed by atoms with E-state index in [1.54, 1.807) is 32.2 Å². The van der Waals surface area contributed by atoms with E-state index in [0.29, 0.717) is 16.9 Å². The van der Waals surface area contributed by atoms with E-state index in [1.807, 2.05) is 12.1 Å². The van der Waals surface area contributed by atoms with Crippen LogP contribution >= 0.6 is 15.9 Å². The molecule has 104 valence electrons. The predicted molar refractivity (Wildman–Crippen MR) is 79.9 cm³/mol. The minimum absolute atomic E-state index is 0.127. The number of rotatable bonds is 4. The maximum absolute atomic E-state index is 13.5. The highest BCUT2D eigenvalue weighted by Crippen LogP contribution is 2.24. The molecule has 4 heteroatoms. The number of aryl methyl sites for hydroxylation is 1. The number of Topliss-reactive ketones (excluding diaryl/α,β-unsaturated/α-hetero) is 1. The summed E-state index contributed by atoms with van der Waals surface area (Å²) in [4.78, 5) is 12.2. The van der Waals surface area contributed by atoms with Crippen LogP contribution in [-0.4, -0.2) is 12.9 Å². The third-order valence-electron chi connectivity index (χ3n) is 3.10. The number of ether oxygens (including phenoxy) is 1. The molecule has 20 heavy (non-hydrogen) atoms. The minimum atomic E-state index is -0.361. The quantitative estimate of drug-likeness (QED) is 0.776. The number of halogens is 2. The molecule has 0 bridgehead atoms. The van der Waals surface area contributed by atoms with Gasteiger partial charge in [0.25, 0.3) is 0 Å². The van der Waals surface area contributed by atoms with E-state index in [1.165, 1.54) is 6.07 Å². The lowest BCUT2D eigenvalue weighted by Gasteiger charge is -2.07. The summed E-state index contributed by atoms with van der Waals surface area (Å²) in [6.07, 6.45) is 0.195. The van der Waals surface area contributed by atoms with Crippen molar-refractivity contribution in [3.8, 4) is 5.75 Å². The van der Waals surface area contributed by atoms with Gasteiger partial charge in [-0.05, 0) is 42.3 Å². The molecule has 0 saturated heterocycles. The molecule has 0 aromatic heterocycles. The van der Waals surface area contributed by atoms with Gasteiger partial charge in [-0.2, -0.15) is 0 Å². The summed E-state index contributed by atoms with van der Waals surface area (Å²) >= 11 is 3.40. The number of ketones is 1. The normalized spacial score (nSPS) is 10.4. The van der Waals surface area contributed by atoms with Crippen molar-refractivity contribution in [2.24, 2.45) is 0 Å². The van der Waals surface area contributed by atoms with E-state index in [9.17, 15) is 9.18 Å². The summed E-state index contributed by atoms with van der Waals surface area (Å²) in [5.74, 6) is 0.199. The van der Waals surface area contributed by atoms with E-state index >= 15 is 0 Å². The average Bonchev–Trinajstić information content (AvgIpc) is 2.44. The fourth-order valence-corrected chi connectivity index (χ4v) is 2.24. The Morgan fingerprint density at radius 2 is 2.00 bits per heavy atom. The summed E-state index contributed by atoms with van der Waals surface area (Å²) in [6.45, 7) is 1.67. The Balaban J connectivity index is 2.25. The Bertz CT molecular complexity index is 653. The van der Waals surface area contributed by atoms with Crippen LogP contribution in [0.5, 0.6) is 5.75 Å². The average molecular weight is 337 g/mol. The van der Waals surface area contributed by atoms with Crippen molar-refractivity contribution in [2.45, 2.75) is 13.3 Å². The van der Waals surface area contributed by atoms with E-state index < -0.39 is 0 Å². The monoisotopic (exact) mass is 336 g/mol. The maximum atomic E-state index is 13.5. The molecule has 2 rings (SSSR count). The van der Waals surface area contributed by atoms with E-state index in [0.717, 1.165) is 10.0 Å². The molecular formula is C16H14BrFO2. The Morgan fingerprint density at radius 1 is 1.25 bits per heavy atom. The second kappa shape index (κ2) is 6.18. The van der Waals surface area contributed by atoms with Crippen molar-refractivity contribution in [1.29, 1.82) is 0 Å². The van der Waals surface area contributed by atoms with Gasteiger partial charge >= 0.3 is 0 Å². The molecule has 0 unspecified atom stereocenters. The number of hydrogen-bond donors (Lipinski definition) is 0. The molecule has 2 aromatic rings. The van der Waals surface area contributed by atoms with Crippen LogP contribution in [0.25, 0.3) is 0 Å². The zero-order chi connectivity index (χ0) is 14.7. The highest BCUT2D eigenvalue weighted by molar-refractivity contribution is 9.10. The van der Waals surface area contributed by atoms with Crippen LogP contribution in [-0.2, 0) is 6.42 Å². The Hall–Kier alpha value is -1.68. The second-order valence-corrected chi connectivity index (χ2v) is 5.38. The molecule has 2 aromatic carbocycles. The van der Waals surface area contributed by atoms with Crippen LogP contribution in [0.15, 0.2) is 40.9 Å². The van der Waals surface area contributed by atoms with Crippen LogP contribution in [0.1, 0.15) is 21.5 Å². The van der Waals surface area contributed by atoms with Crippen molar-refractivity contribution < 1.29 is 13.9 Å². The van der Waals surface area contributed by atoms with E-state index in [2.05, 4.69) is 15.9 Å². The first-order valence-corrected chi connectivity index (χ1v) is 6.92. The highest BCUT2D eigenvalue weighted by atomic mass is 79.9. The van der Waals surface area contributed by atoms with Crippen molar-refractivity contribution in [2.75, 3.05) is 7.11 Å². The SMILES string of the molecule is COc1ccc(Br)c(CC(=O)c2ccc(C)c(F)c2)c1. The lowest BCUT2D eigenvalue weighted by molar-refractivity contribution is 0.0992. The standard InChI is InChI=1S/C16H14BrFO2/c1-10-3-4-11(8-15(10)18)16(19)9-12-7-13(20-2)5-6-14(12)17/h3-8H,9H2,1-2H3. The third kappa shape index (κ3) is 3.25. The van der Waals surface area contributed by atoms with E-state index in [4.69, 9.17) is 4.74 Å². The predicted octanol–water partition coefficient (Wildman–Crippen LogP) is 4.33. The smallest absolute Gasteiger partial charge is 0.167 e. The number of benzene rings is 2. The number of hydrogen-bond acceptors (Lipinski definition) is 2. The van der Waals surface area contributed by atoms with Gasteiger partial charge in [0.1, 0.15) is 11.6 Å². The number of carbonyl (C=O) groups is 1. The summed E-state index contributed by atoms with van der Waals surface area (Å²) in [6, 6.07) is 9.98. The van der Waals surface area contributed by atoms with E-state index in [-0.39, 0.29) is 18.0 Å². The first-order chi connectivity index (χ1) is 9.51. The van der Waals surface area contributed by atoms with Crippen LogP contribution in [0.4, 0.5) is 4.39 Å². The van der Waals surface area contributed by atoms with Gasteiger partial charge in [-0.3, -0.25) is 4.79 Å². The second-order valence-electron chi connectivity index (χ2n) is 4.52. The molecule has 0 aliphatic rings. The fourth-order valence-electron chi connectivity index (χ4n) is 1.85. The maximum Gasteiger partial charge on any atom is 0.167 e. The largest absolute Gasteiger partial charge is 0.497 e. The van der Waals surface area contributed by atoms with Crippen molar-refractivity contribution in [3.05, 3.63) is 63.4 Å². The van der Waals surface area contributed by atoms with Crippen molar-refractivity contribution in [1.82, 2.24) is 0 Å². The summed E-state index contributed by atoms with van der Waals surface area (Å²) in [5.41, 5.74) is 1.72. The number of methoxy groups -OCH3 is 1. The lowest BCUT2D eigenvalue weighted by Crippen LogP contribution is -2.05. The molecule has 0 saturated carbocycles. The first kappa shape index (κ1) is 14.7. The summed E-state index contributed by atoms with van der Waals surface area (Å²) in [5, 5.41) is 0. The van der Waals surface area contributed by atoms with Crippen LogP contribution < -0.4 is 4.74 Å². The van der Waals surface area contributed by atoms with Crippen molar-refractivity contribution in [3.63, 3.8) is 0 Å². The van der Waals surface area contributed by atoms with Crippen LogP contribution in [0.3, 0.4) is 0 Å². The summed E-state index contributed by atoms with van der Waals surface area (Å²) < 4.78 is 19.5. The third-order valence-corrected chi connectivity index (χ3v) is 3.87. The van der Waals surface area contributed by atoms with Gasteiger partial charge < -0.3 is 4.74 Å². The van der Waals surface area contributed by atoms with Crippen LogP contribution in [0, 0.1) is 12.7 Å². The molecule has 2 nitrogen and oxygen atoms in total. The molecule has 0 atom stereocenters. The van der Waals surface area contributed by atoms with Gasteiger partial charge in [-0.1, -0.05) is 28.1 Å². The fraction of sp³-hybridized carbons (Fsp3) is 0.188. The van der Waals surface area contributed by atoms with Gasteiger partial charge in [-0.25, -0.2) is 4.39 Å². The van der Waals surface area contributed by atoms with Gasteiger partial charge in [0.2, 0.25) is 0 Å². The topological polar surface area (TPSA) is 26.3 Å². The molecule has 0 amide bonds. The molecule has 0 radical (unpaired) electrons. The molecule has 0 aliphatic heterocycles. The molecule has 0 spiro atoms. The van der Waals surface area contributed by atoms with Gasteiger partial charge in [0.05, 0.1) is 7.11 Å². The van der Waals surface area contributed by atoms with Gasteiger partial charge in [0.15, 0.2) is 5.78 Å². The molecule has 0 aliphatic carbocycles. The lowest BCUT2D eigenvalue weighted by atomic mass is 10.0. The summed E-state index contributed by atoms with van der Waals surface area (Å²) in [7, 11) is 1.57. The first-order valence-electron chi connectivity index (χ1n) is 6.13.